The molecule has 0 saturated heterocycles. The van der Waals surface area contributed by atoms with Crippen LogP contribution in [-0.4, -0.2) is 94.2 Å². The maximum absolute atomic E-state index is 10.6. The Bertz CT molecular complexity index is 682. The van der Waals surface area contributed by atoms with Crippen molar-refractivity contribution in [1.82, 2.24) is 9.80 Å². The Labute approximate surface area is 157 Å². The summed E-state index contributed by atoms with van der Waals surface area (Å²) in [4.78, 5) is 3.72. The quantitative estimate of drug-likeness (QED) is 0.287. The molecule has 0 aromatic heterocycles. The fraction of sp³-hybridized carbons (Fsp3) is 0.733. The number of nitrogens with zero attached hydrogens (tertiary/aromatic N) is 2. The summed E-state index contributed by atoms with van der Waals surface area (Å²) >= 11 is 0. The van der Waals surface area contributed by atoms with E-state index >= 15 is 0 Å². The molecule has 2 N–H and O–H groups in total. The predicted octanol–water partition coefficient (Wildman–Crippen LogP) is -0.384. The molecule has 0 aromatic carbocycles. The van der Waals surface area contributed by atoms with Gasteiger partial charge in [0, 0.05) is 0 Å². The summed E-state index contributed by atoms with van der Waals surface area (Å²) < 4.78 is 59.8. The molecule has 0 spiro atoms. The maximum atomic E-state index is 10.6. The van der Waals surface area contributed by atoms with E-state index in [1.165, 1.54) is 0 Å². The molecular formula is C15H27BN2O6S2. The lowest BCUT2D eigenvalue weighted by Crippen LogP contribution is -2.22. The summed E-state index contributed by atoms with van der Waals surface area (Å²) in [5.41, 5.74) is 0. The van der Waals surface area contributed by atoms with Gasteiger partial charge in [0.2, 0.25) is 0 Å². The molecule has 0 bridgehead atoms. The van der Waals surface area contributed by atoms with Crippen molar-refractivity contribution in [3.63, 3.8) is 0 Å². The van der Waals surface area contributed by atoms with Crippen LogP contribution in [0.3, 0.4) is 0 Å². The van der Waals surface area contributed by atoms with Gasteiger partial charge in [-0.2, -0.15) is 16.8 Å². The third kappa shape index (κ3) is 17.7. The monoisotopic (exact) mass is 406 g/mol. The average Bonchev–Trinajstić information content (AvgIpc) is 2.44. The summed E-state index contributed by atoms with van der Waals surface area (Å²) in [5, 5.41) is 0. The minimum absolute atomic E-state index is 0.118. The summed E-state index contributed by atoms with van der Waals surface area (Å²) in [7, 11) is -4.19. The predicted molar refractivity (Wildman–Crippen MR) is 104 cm³/mol. The Morgan fingerprint density at radius 3 is 1.46 bits per heavy atom. The van der Waals surface area contributed by atoms with Gasteiger partial charge < -0.3 is 0 Å². The molecule has 0 aliphatic heterocycles. The zero-order valence-electron chi connectivity index (χ0n) is 15.5. The maximum Gasteiger partial charge on any atom is 0.312 e. The zero-order chi connectivity index (χ0) is 20.2. The lowest BCUT2D eigenvalue weighted by atomic mass is 9.54. The van der Waals surface area contributed by atoms with Crippen LogP contribution in [0, 0.1) is 23.5 Å². The van der Waals surface area contributed by atoms with Crippen LogP contribution in [-0.2, 0) is 20.2 Å². The first-order chi connectivity index (χ1) is 11.9. The van der Waals surface area contributed by atoms with Crippen molar-refractivity contribution < 1.29 is 25.9 Å². The largest absolute Gasteiger partial charge is 0.312 e. The fourth-order valence-electron chi connectivity index (χ4n) is 1.90. The summed E-state index contributed by atoms with van der Waals surface area (Å²) in [6, 6.07) is 0. The first-order valence-corrected chi connectivity index (χ1v) is 11.3. The van der Waals surface area contributed by atoms with Crippen LogP contribution in [0.15, 0.2) is 0 Å². The number of hydrogen-bond acceptors (Lipinski definition) is 6. The van der Waals surface area contributed by atoms with Crippen molar-refractivity contribution in [1.29, 1.82) is 0 Å². The van der Waals surface area contributed by atoms with Gasteiger partial charge in [0.15, 0.2) is 0 Å². The third-order valence-corrected chi connectivity index (χ3v) is 4.83. The van der Waals surface area contributed by atoms with Gasteiger partial charge in [0.25, 0.3) is 20.2 Å². The second-order valence-corrected chi connectivity index (χ2v) is 9.26. The highest BCUT2D eigenvalue weighted by atomic mass is 32.2. The smallest absolute Gasteiger partial charge is 0.295 e. The number of hydrogen-bond donors (Lipinski definition) is 2. The Morgan fingerprint density at radius 1 is 0.808 bits per heavy atom. The molecule has 11 heteroatoms. The van der Waals surface area contributed by atoms with Crippen molar-refractivity contribution in [2.75, 3.05) is 51.8 Å². The second-order valence-electron chi connectivity index (χ2n) is 6.12. The standard InChI is InChI=1S/C15H27BN2O6S2/c1-16(8-4-10-17(2)12-6-14-25(19,20)21)9-5-11-18(3)13-7-15-26(22,23)24/h6-7,10-15H2,1-3H3,(H,19,20,21)(H,22,23,24). The van der Waals surface area contributed by atoms with E-state index in [1.54, 1.807) is 0 Å². The fourth-order valence-corrected chi connectivity index (χ4v) is 2.88. The highest BCUT2D eigenvalue weighted by molar-refractivity contribution is 7.86. The Balaban J connectivity index is 4.07. The van der Waals surface area contributed by atoms with Crippen LogP contribution >= 0.6 is 0 Å². The van der Waals surface area contributed by atoms with Crippen LogP contribution in [0.4, 0.5) is 0 Å². The summed E-state index contributed by atoms with van der Waals surface area (Å²) in [6.45, 7) is 3.75. The van der Waals surface area contributed by atoms with Gasteiger partial charge in [0.1, 0.15) is 0 Å². The Hall–Kier alpha value is -1.08. The highest BCUT2D eigenvalue weighted by Crippen LogP contribution is 1.92. The normalized spacial score (nSPS) is 11.7. The van der Waals surface area contributed by atoms with Crippen molar-refractivity contribution in [2.24, 2.45) is 0 Å². The molecule has 148 valence electrons. The van der Waals surface area contributed by atoms with Crippen LogP contribution in [0.25, 0.3) is 0 Å². The summed E-state index contributed by atoms with van der Waals surface area (Å²) in [6.07, 6.45) is 0.687. The molecule has 0 aromatic rings. The van der Waals surface area contributed by atoms with Crippen LogP contribution in [0.2, 0.25) is 6.82 Å². The SMILES string of the molecule is CB(C#CCN(C)CCCS(=O)(=O)O)C#CCN(C)CCCS(=O)(=O)O. The third-order valence-electron chi connectivity index (χ3n) is 3.22. The lowest BCUT2D eigenvalue weighted by Gasteiger charge is -2.12. The van der Waals surface area contributed by atoms with Gasteiger partial charge in [-0.25, -0.2) is 0 Å². The molecule has 0 atom stereocenters. The van der Waals surface area contributed by atoms with Crippen LogP contribution < -0.4 is 0 Å². The molecule has 0 rings (SSSR count). The zero-order valence-corrected chi connectivity index (χ0v) is 17.1. The van der Waals surface area contributed by atoms with E-state index in [-0.39, 0.29) is 18.2 Å². The van der Waals surface area contributed by atoms with E-state index < -0.39 is 20.2 Å². The molecule has 0 saturated carbocycles. The van der Waals surface area contributed by atoms with Gasteiger partial charge in [-0.15, -0.1) is 11.6 Å². The molecule has 0 aliphatic carbocycles. The topological polar surface area (TPSA) is 115 Å². The first kappa shape index (κ1) is 24.9. The second kappa shape index (κ2) is 12.3. The van der Waals surface area contributed by atoms with Crippen molar-refractivity contribution >= 4 is 26.9 Å². The Morgan fingerprint density at radius 2 is 1.15 bits per heavy atom. The van der Waals surface area contributed by atoms with E-state index in [9.17, 15) is 16.8 Å². The molecule has 0 heterocycles. The van der Waals surface area contributed by atoms with Gasteiger partial charge in [-0.3, -0.25) is 18.9 Å². The average molecular weight is 406 g/mol. The van der Waals surface area contributed by atoms with E-state index in [2.05, 4.69) is 23.5 Å². The van der Waals surface area contributed by atoms with Crippen molar-refractivity contribution in [3.8, 4) is 23.5 Å². The minimum atomic E-state index is -3.91. The van der Waals surface area contributed by atoms with E-state index in [4.69, 9.17) is 9.11 Å². The van der Waals surface area contributed by atoms with E-state index in [1.807, 2.05) is 30.7 Å². The van der Waals surface area contributed by atoms with Gasteiger partial charge in [-0.05, 0) is 40.0 Å². The molecule has 0 amide bonds. The molecule has 0 radical (unpaired) electrons. The van der Waals surface area contributed by atoms with Gasteiger partial charge in [-0.1, -0.05) is 18.7 Å². The van der Waals surface area contributed by atoms with Gasteiger partial charge >= 0.3 is 6.71 Å². The molecular weight excluding hydrogens is 379 g/mol. The van der Waals surface area contributed by atoms with E-state index in [0.717, 1.165) is 0 Å². The summed E-state index contributed by atoms with van der Waals surface area (Å²) in [5.74, 6) is 11.4. The van der Waals surface area contributed by atoms with Crippen LogP contribution in [0.5, 0.6) is 0 Å². The minimum Gasteiger partial charge on any atom is -0.295 e. The molecule has 0 aliphatic rings. The highest BCUT2D eigenvalue weighted by Gasteiger charge is 2.06. The van der Waals surface area contributed by atoms with Crippen molar-refractivity contribution in [2.45, 2.75) is 19.7 Å². The lowest BCUT2D eigenvalue weighted by molar-refractivity contribution is 0.373. The molecule has 0 unspecified atom stereocenters. The van der Waals surface area contributed by atoms with Crippen molar-refractivity contribution in [3.05, 3.63) is 0 Å². The first-order valence-electron chi connectivity index (χ1n) is 8.13. The molecule has 26 heavy (non-hydrogen) atoms. The van der Waals surface area contributed by atoms with Crippen LogP contribution in [0.1, 0.15) is 12.8 Å². The van der Waals surface area contributed by atoms with E-state index in [0.29, 0.717) is 39.0 Å². The molecule has 8 nitrogen and oxygen atoms in total. The molecule has 0 fully saturated rings. The number of rotatable bonds is 10. The van der Waals surface area contributed by atoms with Gasteiger partial charge in [0.05, 0.1) is 24.6 Å². The Kier molecular flexibility index (Phi) is 11.8.